The van der Waals surface area contributed by atoms with Crippen LogP contribution in [0.1, 0.15) is 11.3 Å². The van der Waals surface area contributed by atoms with Crippen molar-refractivity contribution in [2.24, 2.45) is 0 Å². The van der Waals surface area contributed by atoms with E-state index in [1.54, 1.807) is 36.1 Å². The van der Waals surface area contributed by atoms with Crippen LogP contribution in [0, 0.1) is 18.3 Å². The number of methoxy groups -OCH3 is 1. The number of nitriles is 1. The van der Waals surface area contributed by atoms with Crippen molar-refractivity contribution >= 4 is 11.6 Å². The van der Waals surface area contributed by atoms with E-state index in [4.69, 9.17) is 21.6 Å². The van der Waals surface area contributed by atoms with Crippen LogP contribution in [0.5, 0.6) is 5.75 Å². The first-order valence-corrected chi connectivity index (χ1v) is 6.37. The Labute approximate surface area is 121 Å². The lowest BCUT2D eigenvalue weighted by Gasteiger charge is -2.15. The minimum absolute atomic E-state index is 0.0714. The zero-order valence-electron chi connectivity index (χ0n) is 11.2. The molecule has 20 heavy (non-hydrogen) atoms. The Bertz CT molecular complexity index is 745. The third kappa shape index (κ3) is 2.68. The predicted octanol–water partition coefficient (Wildman–Crippen LogP) is 2.87. The molecule has 102 valence electrons. The first kappa shape index (κ1) is 14.2. The number of hydrogen-bond acceptors (Lipinski definition) is 3. The van der Waals surface area contributed by atoms with Gasteiger partial charge in [0, 0.05) is 28.5 Å². The SMILES string of the molecule is COc1ccc(Cl)cc1-n1cc(CC#N)c(=O)cc1C. The van der Waals surface area contributed by atoms with Crippen molar-refractivity contribution < 1.29 is 4.74 Å². The molecule has 5 heteroatoms. The third-order valence-electron chi connectivity index (χ3n) is 2.99. The molecule has 0 radical (unpaired) electrons. The van der Waals surface area contributed by atoms with Crippen LogP contribution in [-0.4, -0.2) is 11.7 Å². The molecule has 0 unspecified atom stereocenters. The van der Waals surface area contributed by atoms with Crippen LogP contribution in [0.2, 0.25) is 5.02 Å². The smallest absolute Gasteiger partial charge is 0.186 e. The van der Waals surface area contributed by atoms with Gasteiger partial charge in [-0.1, -0.05) is 11.6 Å². The number of pyridine rings is 1. The lowest BCUT2D eigenvalue weighted by molar-refractivity contribution is 0.412. The fourth-order valence-corrected chi connectivity index (χ4v) is 2.17. The van der Waals surface area contributed by atoms with Gasteiger partial charge >= 0.3 is 0 Å². The average Bonchev–Trinajstić information content (AvgIpc) is 2.42. The summed E-state index contributed by atoms with van der Waals surface area (Å²) in [6.45, 7) is 1.82. The Balaban J connectivity index is 2.69. The van der Waals surface area contributed by atoms with Gasteiger partial charge in [0.2, 0.25) is 0 Å². The minimum atomic E-state index is -0.138. The van der Waals surface area contributed by atoms with E-state index in [2.05, 4.69) is 0 Å². The lowest BCUT2D eigenvalue weighted by Crippen LogP contribution is -2.14. The molecule has 0 amide bonds. The van der Waals surface area contributed by atoms with Crippen molar-refractivity contribution in [2.45, 2.75) is 13.3 Å². The zero-order valence-corrected chi connectivity index (χ0v) is 11.9. The second-order valence-electron chi connectivity index (χ2n) is 4.33. The molecule has 0 bridgehead atoms. The molecule has 1 heterocycles. The van der Waals surface area contributed by atoms with Crippen LogP contribution in [-0.2, 0) is 6.42 Å². The summed E-state index contributed by atoms with van der Waals surface area (Å²) in [7, 11) is 1.57. The van der Waals surface area contributed by atoms with Gasteiger partial charge in [-0.25, -0.2) is 0 Å². The molecule has 4 nitrogen and oxygen atoms in total. The van der Waals surface area contributed by atoms with Gasteiger partial charge in [0.25, 0.3) is 0 Å². The maximum atomic E-state index is 11.8. The average molecular weight is 289 g/mol. The Hall–Kier alpha value is -2.25. The summed E-state index contributed by atoms with van der Waals surface area (Å²) in [5.74, 6) is 0.643. The van der Waals surface area contributed by atoms with Gasteiger partial charge in [0.1, 0.15) is 5.75 Å². The fraction of sp³-hybridized carbons (Fsp3) is 0.200. The highest BCUT2D eigenvalue weighted by Gasteiger charge is 2.10. The van der Waals surface area contributed by atoms with Crippen LogP contribution in [0.15, 0.2) is 35.3 Å². The molecular weight excluding hydrogens is 276 g/mol. The number of halogens is 1. The molecule has 0 aliphatic rings. The van der Waals surface area contributed by atoms with Crippen LogP contribution in [0.25, 0.3) is 5.69 Å². The van der Waals surface area contributed by atoms with Gasteiger partial charge in [-0.2, -0.15) is 5.26 Å². The predicted molar refractivity (Wildman–Crippen MR) is 77.7 cm³/mol. The summed E-state index contributed by atoms with van der Waals surface area (Å²) >= 11 is 6.03. The van der Waals surface area contributed by atoms with Crippen molar-refractivity contribution in [3.8, 4) is 17.5 Å². The second-order valence-corrected chi connectivity index (χ2v) is 4.76. The third-order valence-corrected chi connectivity index (χ3v) is 3.23. The Morgan fingerprint density at radius 1 is 1.40 bits per heavy atom. The number of benzene rings is 1. The van der Waals surface area contributed by atoms with Gasteiger partial charge < -0.3 is 9.30 Å². The molecular formula is C15H13ClN2O2. The summed E-state index contributed by atoms with van der Waals surface area (Å²) in [5.41, 5.74) is 1.79. The number of ether oxygens (including phenoxy) is 1. The Morgan fingerprint density at radius 2 is 2.15 bits per heavy atom. The normalized spacial score (nSPS) is 10.1. The van der Waals surface area contributed by atoms with Crippen molar-refractivity contribution in [3.05, 3.63) is 57.0 Å². The second kappa shape index (κ2) is 5.81. The molecule has 0 fully saturated rings. The van der Waals surface area contributed by atoms with Crippen LogP contribution in [0.3, 0.4) is 0 Å². The first-order chi connectivity index (χ1) is 9.56. The number of nitrogens with zero attached hydrogens (tertiary/aromatic N) is 2. The van der Waals surface area contributed by atoms with E-state index in [1.807, 2.05) is 13.0 Å². The standard InChI is InChI=1S/C15H13ClN2O2/c1-10-7-14(19)11(5-6-17)9-18(10)13-8-12(16)3-4-15(13)20-2/h3-4,7-9H,5H2,1-2H3. The number of hydrogen-bond donors (Lipinski definition) is 0. The lowest BCUT2D eigenvalue weighted by atomic mass is 10.1. The van der Waals surface area contributed by atoms with E-state index in [-0.39, 0.29) is 11.8 Å². The molecule has 0 aliphatic heterocycles. The van der Waals surface area contributed by atoms with E-state index in [9.17, 15) is 4.79 Å². The highest BCUT2D eigenvalue weighted by atomic mass is 35.5. The van der Waals surface area contributed by atoms with Crippen LogP contribution >= 0.6 is 11.6 Å². The fourth-order valence-electron chi connectivity index (χ4n) is 2.00. The molecule has 0 saturated carbocycles. The molecule has 2 rings (SSSR count). The molecule has 2 aromatic rings. The Kier molecular flexibility index (Phi) is 4.11. The van der Waals surface area contributed by atoms with E-state index >= 15 is 0 Å². The summed E-state index contributed by atoms with van der Waals surface area (Å²) in [4.78, 5) is 11.8. The van der Waals surface area contributed by atoms with E-state index in [0.717, 1.165) is 11.4 Å². The number of aromatic nitrogens is 1. The Morgan fingerprint density at radius 3 is 2.80 bits per heavy atom. The zero-order chi connectivity index (χ0) is 14.7. The van der Waals surface area contributed by atoms with Crippen molar-refractivity contribution in [1.82, 2.24) is 4.57 Å². The number of aryl methyl sites for hydroxylation is 1. The topological polar surface area (TPSA) is 55.0 Å². The van der Waals surface area contributed by atoms with Crippen molar-refractivity contribution in [3.63, 3.8) is 0 Å². The summed E-state index contributed by atoms with van der Waals surface area (Å²) in [6, 6.07) is 8.75. The summed E-state index contributed by atoms with van der Waals surface area (Å²) < 4.78 is 7.12. The van der Waals surface area contributed by atoms with E-state index in [0.29, 0.717) is 16.3 Å². The van der Waals surface area contributed by atoms with Gasteiger partial charge in [-0.15, -0.1) is 0 Å². The molecule has 0 spiro atoms. The minimum Gasteiger partial charge on any atom is -0.495 e. The van der Waals surface area contributed by atoms with Crippen molar-refractivity contribution in [1.29, 1.82) is 5.26 Å². The first-order valence-electron chi connectivity index (χ1n) is 6.00. The van der Waals surface area contributed by atoms with Crippen LogP contribution in [0.4, 0.5) is 0 Å². The molecule has 0 N–H and O–H groups in total. The van der Waals surface area contributed by atoms with E-state index in [1.165, 1.54) is 6.07 Å². The highest BCUT2D eigenvalue weighted by Crippen LogP contribution is 2.27. The number of rotatable bonds is 3. The summed E-state index contributed by atoms with van der Waals surface area (Å²) in [5, 5.41) is 9.35. The summed E-state index contributed by atoms with van der Waals surface area (Å²) in [6.07, 6.45) is 1.73. The quantitative estimate of drug-likeness (QED) is 0.872. The molecule has 1 aromatic carbocycles. The largest absolute Gasteiger partial charge is 0.495 e. The van der Waals surface area contributed by atoms with Crippen molar-refractivity contribution in [2.75, 3.05) is 7.11 Å². The van der Waals surface area contributed by atoms with Gasteiger partial charge in [-0.3, -0.25) is 4.79 Å². The highest BCUT2D eigenvalue weighted by molar-refractivity contribution is 6.30. The van der Waals surface area contributed by atoms with E-state index < -0.39 is 0 Å². The molecule has 0 saturated heterocycles. The van der Waals surface area contributed by atoms with Gasteiger partial charge in [0.15, 0.2) is 5.43 Å². The van der Waals surface area contributed by atoms with Crippen LogP contribution < -0.4 is 10.2 Å². The monoisotopic (exact) mass is 288 g/mol. The maximum Gasteiger partial charge on any atom is 0.186 e. The maximum absolute atomic E-state index is 11.8. The molecule has 0 aliphatic carbocycles. The van der Waals surface area contributed by atoms with Gasteiger partial charge in [0.05, 0.1) is 25.3 Å². The molecule has 1 aromatic heterocycles. The molecule has 0 atom stereocenters. The van der Waals surface area contributed by atoms with Gasteiger partial charge in [-0.05, 0) is 25.1 Å².